The van der Waals surface area contributed by atoms with Gasteiger partial charge in [-0.05, 0) is 57.0 Å². The zero-order chi connectivity index (χ0) is 23.9. The second kappa shape index (κ2) is 8.19. The average Bonchev–Trinajstić information content (AvgIpc) is 2.77. The smallest absolute Gasteiger partial charge is 0.271 e. The number of methoxy groups -OCH3 is 1. The third kappa shape index (κ3) is 4.23. The van der Waals surface area contributed by atoms with E-state index < -0.39 is 11.4 Å². The number of anilines is 5. The van der Waals surface area contributed by atoms with E-state index in [-0.39, 0.29) is 17.7 Å². The number of ether oxygens (including phenoxy) is 2. The Labute approximate surface area is 191 Å². The van der Waals surface area contributed by atoms with Crippen LogP contribution in [-0.2, 0) is 4.79 Å². The Morgan fingerprint density at radius 2 is 1.91 bits per heavy atom. The predicted molar refractivity (Wildman–Crippen MR) is 123 cm³/mol. The summed E-state index contributed by atoms with van der Waals surface area (Å²) >= 11 is 0. The molecule has 1 aliphatic rings. The molecule has 3 aromatic rings. The Morgan fingerprint density at radius 3 is 2.64 bits per heavy atom. The first-order valence-electron chi connectivity index (χ1n) is 10.3. The molecule has 2 aromatic heterocycles. The van der Waals surface area contributed by atoms with Crippen molar-refractivity contribution < 1.29 is 18.7 Å². The summed E-state index contributed by atoms with van der Waals surface area (Å²) < 4.78 is 25.6. The molecule has 2 N–H and O–H groups in total. The van der Waals surface area contributed by atoms with E-state index in [0.29, 0.717) is 23.1 Å². The van der Waals surface area contributed by atoms with E-state index in [2.05, 4.69) is 25.6 Å². The fourth-order valence-electron chi connectivity index (χ4n) is 3.52. The number of carbonyl (C=O) groups excluding carboxylic acids is 1. The van der Waals surface area contributed by atoms with Crippen LogP contribution in [0.3, 0.4) is 0 Å². The Bertz CT molecular complexity index is 1250. The maximum Gasteiger partial charge on any atom is 0.271 e. The summed E-state index contributed by atoms with van der Waals surface area (Å²) in [5.74, 6) is 1.05. The van der Waals surface area contributed by atoms with Crippen molar-refractivity contribution in [1.29, 1.82) is 0 Å². The van der Waals surface area contributed by atoms with Gasteiger partial charge in [-0.3, -0.25) is 9.69 Å². The summed E-state index contributed by atoms with van der Waals surface area (Å²) in [7, 11) is 3.22. The van der Waals surface area contributed by atoms with E-state index in [0.717, 1.165) is 23.1 Å². The maximum atomic E-state index is 14.5. The van der Waals surface area contributed by atoms with Gasteiger partial charge in [-0.1, -0.05) is 0 Å². The Hall–Kier alpha value is -3.95. The molecule has 0 atom stereocenters. The van der Waals surface area contributed by atoms with Crippen molar-refractivity contribution in [3.8, 4) is 11.5 Å². The quantitative estimate of drug-likeness (QED) is 0.592. The number of rotatable bonds is 5. The third-order valence-electron chi connectivity index (χ3n) is 5.43. The van der Waals surface area contributed by atoms with Crippen LogP contribution in [-0.4, -0.2) is 40.6 Å². The SMILES string of the molecule is COc1cc(Nc2ncc(F)c(Nc3ccc4c(n3)N(C)C(=O)C(C)(C)O4)n2)cc(C)c1C. The van der Waals surface area contributed by atoms with Crippen molar-refractivity contribution >= 4 is 35.0 Å². The van der Waals surface area contributed by atoms with Crippen molar-refractivity contribution in [2.75, 3.05) is 29.7 Å². The molecule has 1 aliphatic heterocycles. The highest BCUT2D eigenvalue weighted by Crippen LogP contribution is 2.36. The lowest BCUT2D eigenvalue weighted by atomic mass is 10.1. The van der Waals surface area contributed by atoms with E-state index in [1.165, 1.54) is 4.90 Å². The van der Waals surface area contributed by atoms with E-state index in [9.17, 15) is 9.18 Å². The van der Waals surface area contributed by atoms with E-state index in [1.54, 1.807) is 40.1 Å². The van der Waals surface area contributed by atoms with Gasteiger partial charge in [0.1, 0.15) is 11.6 Å². The minimum absolute atomic E-state index is 0.0678. The van der Waals surface area contributed by atoms with Gasteiger partial charge in [0, 0.05) is 18.8 Å². The molecule has 0 fully saturated rings. The van der Waals surface area contributed by atoms with Crippen molar-refractivity contribution in [3.63, 3.8) is 0 Å². The Kier molecular flexibility index (Phi) is 5.52. The number of amides is 1. The highest BCUT2D eigenvalue weighted by atomic mass is 19.1. The first-order valence-corrected chi connectivity index (χ1v) is 10.3. The minimum atomic E-state index is -0.991. The van der Waals surface area contributed by atoms with Crippen LogP contribution in [0.2, 0.25) is 0 Å². The highest BCUT2D eigenvalue weighted by Gasteiger charge is 2.40. The van der Waals surface area contributed by atoms with Gasteiger partial charge in [-0.2, -0.15) is 4.98 Å². The molecule has 3 heterocycles. The van der Waals surface area contributed by atoms with Gasteiger partial charge in [0.2, 0.25) is 5.95 Å². The van der Waals surface area contributed by atoms with Crippen LogP contribution in [0.5, 0.6) is 11.5 Å². The number of aryl methyl sites for hydroxylation is 1. The van der Waals surface area contributed by atoms with Crippen molar-refractivity contribution in [2.45, 2.75) is 33.3 Å². The van der Waals surface area contributed by atoms with Crippen LogP contribution in [0.15, 0.2) is 30.5 Å². The predicted octanol–water partition coefficient (Wildman–Crippen LogP) is 4.26. The Balaban J connectivity index is 1.60. The van der Waals surface area contributed by atoms with Gasteiger partial charge in [0.05, 0.1) is 13.3 Å². The molecule has 0 radical (unpaired) electrons. The molecule has 0 bridgehead atoms. The second-order valence-electron chi connectivity index (χ2n) is 8.26. The molecular weight excluding hydrogens is 427 g/mol. The lowest BCUT2D eigenvalue weighted by Gasteiger charge is -2.36. The molecular formula is C23H25FN6O3. The standard InChI is InChI=1S/C23H25FN6O3/c1-12-9-14(10-17(32-6)13(12)2)26-22-25-11-15(24)19(29-22)27-18-8-7-16-20(28-18)30(5)21(31)23(3,4)33-16/h7-11H,1-6H3,(H2,25,26,27,28,29). The number of pyridine rings is 1. The summed E-state index contributed by atoms with van der Waals surface area (Å²) in [4.78, 5) is 26.6. The van der Waals surface area contributed by atoms with Gasteiger partial charge in [-0.25, -0.2) is 14.4 Å². The van der Waals surface area contributed by atoms with Crippen LogP contribution in [0.25, 0.3) is 0 Å². The van der Waals surface area contributed by atoms with E-state index in [1.807, 2.05) is 26.0 Å². The lowest BCUT2D eigenvalue weighted by molar-refractivity contribution is -0.132. The van der Waals surface area contributed by atoms with E-state index >= 15 is 0 Å². The highest BCUT2D eigenvalue weighted by molar-refractivity contribution is 6.01. The van der Waals surface area contributed by atoms with Crippen LogP contribution < -0.4 is 25.0 Å². The van der Waals surface area contributed by atoms with Crippen LogP contribution >= 0.6 is 0 Å². The molecule has 172 valence electrons. The summed E-state index contributed by atoms with van der Waals surface area (Å²) in [6, 6.07) is 7.05. The van der Waals surface area contributed by atoms with Gasteiger partial charge in [0.25, 0.3) is 5.91 Å². The van der Waals surface area contributed by atoms with Gasteiger partial charge < -0.3 is 20.1 Å². The van der Waals surface area contributed by atoms with Crippen LogP contribution in [0.4, 0.5) is 33.5 Å². The number of halogens is 1. The van der Waals surface area contributed by atoms with Crippen molar-refractivity contribution in [2.24, 2.45) is 0 Å². The molecule has 0 spiro atoms. The normalized spacial score (nSPS) is 14.4. The van der Waals surface area contributed by atoms with Crippen LogP contribution in [0, 0.1) is 19.7 Å². The summed E-state index contributed by atoms with van der Waals surface area (Å²) in [6.07, 6.45) is 1.07. The summed E-state index contributed by atoms with van der Waals surface area (Å²) in [5.41, 5.74) is 1.77. The third-order valence-corrected chi connectivity index (χ3v) is 5.43. The van der Waals surface area contributed by atoms with Crippen LogP contribution in [0.1, 0.15) is 25.0 Å². The number of benzene rings is 1. The molecule has 0 unspecified atom stereocenters. The second-order valence-corrected chi connectivity index (χ2v) is 8.26. The maximum absolute atomic E-state index is 14.5. The summed E-state index contributed by atoms with van der Waals surface area (Å²) in [5, 5.41) is 5.92. The number of nitrogens with zero attached hydrogens (tertiary/aromatic N) is 4. The number of hydrogen-bond donors (Lipinski definition) is 2. The number of fused-ring (bicyclic) bond motifs is 1. The van der Waals surface area contributed by atoms with Gasteiger partial charge in [0.15, 0.2) is 28.8 Å². The first kappa shape index (κ1) is 22.3. The van der Waals surface area contributed by atoms with Crippen molar-refractivity contribution in [3.05, 3.63) is 47.4 Å². The minimum Gasteiger partial charge on any atom is -0.496 e. The molecule has 33 heavy (non-hydrogen) atoms. The topological polar surface area (TPSA) is 102 Å². The molecule has 1 amide bonds. The average molecular weight is 452 g/mol. The van der Waals surface area contributed by atoms with Gasteiger partial charge in [-0.15, -0.1) is 0 Å². The fraction of sp³-hybridized carbons (Fsp3) is 0.304. The fourth-order valence-corrected chi connectivity index (χ4v) is 3.52. The number of hydrogen-bond acceptors (Lipinski definition) is 8. The lowest BCUT2D eigenvalue weighted by Crippen LogP contribution is -2.51. The van der Waals surface area contributed by atoms with E-state index in [4.69, 9.17) is 9.47 Å². The monoisotopic (exact) mass is 452 g/mol. The molecule has 9 nitrogen and oxygen atoms in total. The summed E-state index contributed by atoms with van der Waals surface area (Å²) in [6.45, 7) is 7.32. The zero-order valence-corrected chi connectivity index (χ0v) is 19.3. The number of likely N-dealkylation sites (N-methyl/N-ethyl adjacent to an activating group) is 1. The molecule has 0 aliphatic carbocycles. The molecule has 0 saturated carbocycles. The first-order chi connectivity index (χ1) is 15.6. The number of aromatic nitrogens is 3. The van der Waals surface area contributed by atoms with Crippen molar-refractivity contribution in [1.82, 2.24) is 15.0 Å². The zero-order valence-electron chi connectivity index (χ0n) is 19.3. The molecule has 10 heteroatoms. The molecule has 1 aromatic carbocycles. The molecule has 4 rings (SSSR count). The van der Waals surface area contributed by atoms with Gasteiger partial charge >= 0.3 is 0 Å². The molecule has 0 saturated heterocycles. The number of nitrogens with one attached hydrogen (secondary N) is 2. The number of carbonyl (C=O) groups is 1. The Morgan fingerprint density at radius 1 is 1.15 bits per heavy atom. The largest absolute Gasteiger partial charge is 0.496 e.